The average Bonchev–Trinajstić information content (AvgIpc) is 2.61. The van der Waals surface area contributed by atoms with Crippen molar-refractivity contribution in [3.05, 3.63) is 16.1 Å². The minimum Gasteiger partial charge on any atom is -0.479 e. The zero-order valence-corrected chi connectivity index (χ0v) is 9.00. The maximum absolute atomic E-state index is 10.4. The highest BCUT2D eigenvalue weighted by atomic mass is 32.1. The largest absolute Gasteiger partial charge is 0.479 e. The molecule has 0 aliphatic rings. The van der Waals surface area contributed by atoms with Gasteiger partial charge in [0, 0.05) is 5.38 Å². The molecular weight excluding hydrogens is 202 g/mol. The van der Waals surface area contributed by atoms with E-state index in [1.54, 1.807) is 11.3 Å². The lowest BCUT2D eigenvalue weighted by molar-refractivity contribution is -0.149. The Balaban J connectivity index is 2.41. The van der Waals surface area contributed by atoms with Crippen LogP contribution in [0.15, 0.2) is 5.38 Å². The van der Waals surface area contributed by atoms with Crippen molar-refractivity contribution in [1.29, 1.82) is 0 Å². The third-order valence-electron chi connectivity index (χ3n) is 1.73. The van der Waals surface area contributed by atoms with Gasteiger partial charge in [-0.2, -0.15) is 0 Å². The summed E-state index contributed by atoms with van der Waals surface area (Å²) in [4.78, 5) is 14.7. The van der Waals surface area contributed by atoms with E-state index in [4.69, 9.17) is 9.84 Å². The third-order valence-corrected chi connectivity index (χ3v) is 2.77. The number of carbonyl (C=O) groups is 1. The topological polar surface area (TPSA) is 59.4 Å². The first-order valence-corrected chi connectivity index (χ1v) is 5.29. The lowest BCUT2D eigenvalue weighted by Crippen LogP contribution is -2.19. The van der Waals surface area contributed by atoms with Gasteiger partial charge in [-0.1, -0.05) is 6.92 Å². The Hall–Kier alpha value is -0.940. The molecule has 1 unspecified atom stereocenters. The van der Waals surface area contributed by atoms with E-state index < -0.39 is 12.1 Å². The Morgan fingerprint density at radius 2 is 2.50 bits per heavy atom. The van der Waals surface area contributed by atoms with Crippen LogP contribution < -0.4 is 0 Å². The highest BCUT2D eigenvalue weighted by Gasteiger charge is 2.11. The Morgan fingerprint density at radius 1 is 1.79 bits per heavy atom. The summed E-state index contributed by atoms with van der Waals surface area (Å²) in [7, 11) is 0. The molecule has 1 atom stereocenters. The third kappa shape index (κ3) is 3.08. The van der Waals surface area contributed by atoms with Crippen LogP contribution in [-0.2, 0) is 22.6 Å². The van der Waals surface area contributed by atoms with Gasteiger partial charge in [-0.25, -0.2) is 9.78 Å². The van der Waals surface area contributed by atoms with Crippen molar-refractivity contribution in [2.24, 2.45) is 0 Å². The van der Waals surface area contributed by atoms with Crippen molar-refractivity contribution >= 4 is 17.3 Å². The maximum atomic E-state index is 10.4. The number of aliphatic carboxylic acids is 1. The van der Waals surface area contributed by atoms with Crippen LogP contribution in [0.2, 0.25) is 0 Å². The van der Waals surface area contributed by atoms with E-state index in [0.29, 0.717) is 0 Å². The summed E-state index contributed by atoms with van der Waals surface area (Å²) in [5, 5.41) is 11.5. The Bertz CT molecular complexity index is 311. The van der Waals surface area contributed by atoms with Crippen molar-refractivity contribution in [2.45, 2.75) is 33.0 Å². The molecule has 4 nitrogen and oxygen atoms in total. The van der Waals surface area contributed by atoms with Gasteiger partial charge in [0.15, 0.2) is 6.10 Å². The standard InChI is InChI=1S/C9H13NO3S/c1-3-8-10-7(5-14-8)4-13-6(2)9(11)12/h5-6H,3-4H2,1-2H3,(H,11,12). The first-order chi connectivity index (χ1) is 6.63. The first kappa shape index (κ1) is 11.1. The van der Waals surface area contributed by atoms with Gasteiger partial charge in [0.2, 0.25) is 0 Å². The molecule has 0 aliphatic carbocycles. The second kappa shape index (κ2) is 5.07. The van der Waals surface area contributed by atoms with Gasteiger partial charge < -0.3 is 9.84 Å². The van der Waals surface area contributed by atoms with Crippen LogP contribution in [0.1, 0.15) is 24.5 Å². The predicted octanol–water partition coefficient (Wildman–Crippen LogP) is 1.70. The van der Waals surface area contributed by atoms with Gasteiger partial charge in [0.1, 0.15) is 0 Å². The summed E-state index contributed by atoms with van der Waals surface area (Å²) in [5.74, 6) is -0.948. The summed E-state index contributed by atoms with van der Waals surface area (Å²) in [5.41, 5.74) is 0.806. The zero-order chi connectivity index (χ0) is 10.6. The molecule has 0 radical (unpaired) electrons. The molecule has 1 aromatic rings. The summed E-state index contributed by atoms with van der Waals surface area (Å²) in [6.07, 6.45) is 0.126. The highest BCUT2D eigenvalue weighted by Crippen LogP contribution is 2.11. The van der Waals surface area contributed by atoms with Crippen LogP contribution in [0, 0.1) is 0 Å². The van der Waals surface area contributed by atoms with Crippen molar-refractivity contribution in [1.82, 2.24) is 4.98 Å². The van der Waals surface area contributed by atoms with E-state index >= 15 is 0 Å². The molecule has 0 aromatic carbocycles. The Labute approximate surface area is 86.6 Å². The Kier molecular flexibility index (Phi) is 4.03. The van der Waals surface area contributed by atoms with Crippen molar-refractivity contribution in [3.8, 4) is 0 Å². The second-order valence-electron chi connectivity index (χ2n) is 2.88. The molecule has 78 valence electrons. The normalized spacial score (nSPS) is 12.7. The fourth-order valence-electron chi connectivity index (χ4n) is 0.859. The fraction of sp³-hybridized carbons (Fsp3) is 0.556. The van der Waals surface area contributed by atoms with Crippen LogP contribution in [-0.4, -0.2) is 22.2 Å². The molecule has 1 heterocycles. The summed E-state index contributed by atoms with van der Waals surface area (Å²) in [6, 6.07) is 0. The second-order valence-corrected chi connectivity index (χ2v) is 3.82. The number of ether oxygens (including phenoxy) is 1. The van der Waals surface area contributed by atoms with E-state index in [1.807, 2.05) is 12.3 Å². The monoisotopic (exact) mass is 215 g/mol. The molecule has 0 fully saturated rings. The molecule has 0 saturated carbocycles. The van der Waals surface area contributed by atoms with Gasteiger partial charge in [-0.3, -0.25) is 0 Å². The van der Waals surface area contributed by atoms with Crippen molar-refractivity contribution < 1.29 is 14.6 Å². The van der Waals surface area contributed by atoms with Crippen LogP contribution >= 0.6 is 11.3 Å². The molecule has 0 saturated heterocycles. The van der Waals surface area contributed by atoms with Gasteiger partial charge in [0.05, 0.1) is 17.3 Å². The smallest absolute Gasteiger partial charge is 0.332 e. The van der Waals surface area contributed by atoms with E-state index in [-0.39, 0.29) is 6.61 Å². The van der Waals surface area contributed by atoms with Crippen LogP contribution in [0.3, 0.4) is 0 Å². The number of thiazole rings is 1. The quantitative estimate of drug-likeness (QED) is 0.812. The lowest BCUT2D eigenvalue weighted by atomic mass is 10.4. The highest BCUT2D eigenvalue weighted by molar-refractivity contribution is 7.09. The predicted molar refractivity (Wildman–Crippen MR) is 53.4 cm³/mol. The zero-order valence-electron chi connectivity index (χ0n) is 8.19. The molecule has 1 rings (SSSR count). The molecule has 0 amide bonds. The summed E-state index contributed by atoms with van der Waals surface area (Å²) >= 11 is 1.57. The average molecular weight is 215 g/mol. The number of aromatic nitrogens is 1. The van der Waals surface area contributed by atoms with Crippen LogP contribution in [0.5, 0.6) is 0 Å². The van der Waals surface area contributed by atoms with E-state index in [2.05, 4.69) is 4.98 Å². The Morgan fingerprint density at radius 3 is 3.00 bits per heavy atom. The molecule has 0 spiro atoms. The molecule has 1 aromatic heterocycles. The van der Waals surface area contributed by atoms with Crippen LogP contribution in [0.4, 0.5) is 0 Å². The molecule has 1 N–H and O–H groups in total. The first-order valence-electron chi connectivity index (χ1n) is 4.41. The number of hydrogen-bond acceptors (Lipinski definition) is 4. The minimum absolute atomic E-state index is 0.268. The number of aryl methyl sites for hydroxylation is 1. The number of nitrogens with zero attached hydrogens (tertiary/aromatic N) is 1. The molecule has 0 aliphatic heterocycles. The number of carboxylic acids is 1. The van der Waals surface area contributed by atoms with E-state index in [1.165, 1.54) is 6.92 Å². The van der Waals surface area contributed by atoms with Gasteiger partial charge >= 0.3 is 5.97 Å². The van der Waals surface area contributed by atoms with Crippen molar-refractivity contribution in [2.75, 3.05) is 0 Å². The summed E-state index contributed by atoms with van der Waals surface area (Å²) in [6.45, 7) is 3.81. The van der Waals surface area contributed by atoms with Gasteiger partial charge in [0.25, 0.3) is 0 Å². The van der Waals surface area contributed by atoms with Crippen molar-refractivity contribution in [3.63, 3.8) is 0 Å². The number of rotatable bonds is 5. The molecular formula is C9H13NO3S. The van der Waals surface area contributed by atoms with Gasteiger partial charge in [-0.15, -0.1) is 11.3 Å². The molecule has 5 heteroatoms. The SMILES string of the molecule is CCc1nc(COC(C)C(=O)O)cs1. The summed E-state index contributed by atoms with van der Waals surface area (Å²) < 4.78 is 5.09. The minimum atomic E-state index is -0.948. The molecule has 14 heavy (non-hydrogen) atoms. The van der Waals surface area contributed by atoms with Crippen LogP contribution in [0.25, 0.3) is 0 Å². The lowest BCUT2D eigenvalue weighted by Gasteiger charge is -2.05. The van der Waals surface area contributed by atoms with E-state index in [9.17, 15) is 4.79 Å². The van der Waals surface area contributed by atoms with E-state index in [0.717, 1.165) is 17.1 Å². The number of hydrogen-bond donors (Lipinski definition) is 1. The number of carboxylic acid groups (broad SMARTS) is 1. The maximum Gasteiger partial charge on any atom is 0.332 e. The fourth-order valence-corrected chi connectivity index (χ4v) is 1.59. The van der Waals surface area contributed by atoms with Gasteiger partial charge in [-0.05, 0) is 13.3 Å². The molecule has 0 bridgehead atoms.